The number of alkyl halides is 3. The van der Waals surface area contributed by atoms with E-state index < -0.39 is 29.3 Å². The van der Waals surface area contributed by atoms with Crippen molar-refractivity contribution in [2.75, 3.05) is 13.1 Å². The van der Waals surface area contributed by atoms with E-state index in [1.807, 2.05) is 25.7 Å². The highest BCUT2D eigenvalue weighted by Crippen LogP contribution is 2.52. The van der Waals surface area contributed by atoms with E-state index >= 15 is 0 Å². The lowest BCUT2D eigenvalue weighted by Crippen LogP contribution is -2.46. The first-order valence-electron chi connectivity index (χ1n) is 10.6. The van der Waals surface area contributed by atoms with Gasteiger partial charge in [-0.2, -0.15) is 13.2 Å². The monoisotopic (exact) mass is 454 g/mol. The molecule has 2 aliphatic rings. The van der Waals surface area contributed by atoms with Crippen molar-refractivity contribution in [2.45, 2.75) is 58.3 Å². The molecule has 4 atom stereocenters. The molecule has 7 nitrogen and oxygen atoms in total. The first kappa shape index (κ1) is 23.0. The first-order valence-corrected chi connectivity index (χ1v) is 10.6. The lowest BCUT2D eigenvalue weighted by Gasteiger charge is -2.31. The molecule has 2 N–H and O–H groups in total. The van der Waals surface area contributed by atoms with Crippen molar-refractivity contribution in [1.29, 1.82) is 0 Å². The number of rotatable bonds is 5. The molecule has 10 heteroatoms. The Balaban J connectivity index is 1.43. The topological polar surface area (TPSA) is 79.1 Å². The molecule has 1 saturated carbocycles. The molecule has 1 saturated heterocycles. The van der Waals surface area contributed by atoms with E-state index in [2.05, 4.69) is 10.3 Å². The zero-order valence-electron chi connectivity index (χ0n) is 18.8. The number of piperidine rings is 1. The van der Waals surface area contributed by atoms with E-state index in [0.29, 0.717) is 18.9 Å². The van der Waals surface area contributed by atoms with E-state index in [1.54, 1.807) is 13.8 Å². The second-order valence-corrected chi connectivity index (χ2v) is 10.2. The van der Waals surface area contributed by atoms with Gasteiger partial charge in [0, 0.05) is 25.2 Å². The molecule has 0 radical (unpaired) electrons. The van der Waals surface area contributed by atoms with Crippen LogP contribution in [-0.2, 0) is 21.2 Å². The van der Waals surface area contributed by atoms with Crippen LogP contribution in [0.3, 0.4) is 0 Å². The number of carbonyl (C=O) groups excluding carboxylic acids is 1. The van der Waals surface area contributed by atoms with Crippen LogP contribution in [0.1, 0.15) is 46.0 Å². The highest BCUT2D eigenvalue weighted by molar-refractivity contribution is 5.83. The van der Waals surface area contributed by atoms with Crippen LogP contribution in [0.2, 0.25) is 0 Å². The third kappa shape index (κ3) is 4.23. The van der Waals surface area contributed by atoms with Gasteiger partial charge in [0.1, 0.15) is 5.82 Å². The molecule has 32 heavy (non-hydrogen) atoms. The van der Waals surface area contributed by atoms with E-state index in [0.717, 1.165) is 6.07 Å². The van der Waals surface area contributed by atoms with Crippen LogP contribution in [0, 0.1) is 17.8 Å². The summed E-state index contributed by atoms with van der Waals surface area (Å²) in [6, 6.07) is 2.34. The first-order chi connectivity index (χ1) is 14.7. The summed E-state index contributed by atoms with van der Waals surface area (Å²) in [6.45, 7) is 10.2. The molecule has 3 heterocycles. The maximum absolute atomic E-state index is 13.3. The largest absolute Gasteiger partial charge is 0.418 e. The Morgan fingerprint density at radius 3 is 2.41 bits per heavy atom. The number of aliphatic hydroxyl groups excluding tert-OH is 1. The Morgan fingerprint density at radius 1 is 1.22 bits per heavy atom. The Hall–Kier alpha value is -2.17. The molecule has 4 rings (SSSR count). The molecule has 1 amide bonds. The number of pyridine rings is 1. The Kier molecular flexibility index (Phi) is 5.34. The normalized spacial score (nSPS) is 25.1. The maximum atomic E-state index is 13.3. The number of hydrogen-bond acceptors (Lipinski definition) is 5. The number of halogens is 3. The third-order valence-corrected chi connectivity index (χ3v) is 6.17. The summed E-state index contributed by atoms with van der Waals surface area (Å²) < 4.78 is 46.9. The summed E-state index contributed by atoms with van der Waals surface area (Å²) in [5.74, 6) is 0.230. The number of aromatic nitrogens is 2. The van der Waals surface area contributed by atoms with Crippen LogP contribution in [0.4, 0.5) is 13.2 Å². The zero-order chi connectivity index (χ0) is 23.6. The smallest absolute Gasteiger partial charge is 0.356 e. The fourth-order valence-electron chi connectivity index (χ4n) is 4.69. The van der Waals surface area contributed by atoms with Gasteiger partial charge in [-0.05, 0) is 58.6 Å². The second-order valence-electron chi connectivity index (χ2n) is 10.2. The van der Waals surface area contributed by atoms with Crippen molar-refractivity contribution in [2.24, 2.45) is 17.8 Å². The van der Waals surface area contributed by atoms with Gasteiger partial charge in [-0.25, -0.2) is 4.98 Å². The van der Waals surface area contributed by atoms with Crippen LogP contribution in [-0.4, -0.2) is 50.4 Å². The lowest BCUT2D eigenvalue weighted by atomic mass is 10.0. The van der Waals surface area contributed by atoms with Crippen molar-refractivity contribution in [3.05, 3.63) is 35.9 Å². The average Bonchev–Trinajstić information content (AvgIpc) is 3.00. The number of aliphatic hydroxyl groups is 1. The molecule has 2 aromatic heterocycles. The number of fused-ring (bicyclic) bond motifs is 2. The Labute approximate surface area is 184 Å². The van der Waals surface area contributed by atoms with Gasteiger partial charge >= 0.3 is 6.18 Å². The fraction of sp³-hybridized carbons (Fsp3) is 0.636. The van der Waals surface area contributed by atoms with Gasteiger partial charge < -0.3 is 19.6 Å². The number of likely N-dealkylation sites (tertiary alicyclic amines) is 1. The predicted molar refractivity (Wildman–Crippen MR) is 110 cm³/mol. The summed E-state index contributed by atoms with van der Waals surface area (Å²) in [5.41, 5.74) is -2.27. The van der Waals surface area contributed by atoms with Gasteiger partial charge in [-0.3, -0.25) is 9.69 Å². The summed E-state index contributed by atoms with van der Waals surface area (Å²) >= 11 is 0. The molecular weight excluding hydrogens is 425 g/mol. The van der Waals surface area contributed by atoms with Gasteiger partial charge in [0.15, 0.2) is 0 Å². The zero-order valence-corrected chi connectivity index (χ0v) is 18.8. The summed E-state index contributed by atoms with van der Waals surface area (Å²) in [7, 11) is 0. The van der Waals surface area contributed by atoms with E-state index in [1.165, 1.54) is 22.9 Å². The number of imidazole rings is 1. The number of amides is 1. The van der Waals surface area contributed by atoms with Crippen LogP contribution in [0.15, 0.2) is 24.5 Å². The van der Waals surface area contributed by atoms with Gasteiger partial charge in [0.25, 0.3) is 0 Å². The van der Waals surface area contributed by atoms with Crippen LogP contribution >= 0.6 is 0 Å². The van der Waals surface area contributed by atoms with Crippen LogP contribution in [0.5, 0.6) is 0 Å². The average molecular weight is 454 g/mol. The molecule has 2 fully saturated rings. The molecule has 0 bridgehead atoms. The molecule has 0 spiro atoms. The maximum Gasteiger partial charge on any atom is 0.418 e. The van der Waals surface area contributed by atoms with E-state index in [-0.39, 0.29) is 29.2 Å². The van der Waals surface area contributed by atoms with Crippen LogP contribution < -0.4 is 5.32 Å². The highest BCUT2D eigenvalue weighted by atomic mass is 19.4. The van der Waals surface area contributed by atoms with Crippen molar-refractivity contribution in [1.82, 2.24) is 19.6 Å². The lowest BCUT2D eigenvalue weighted by molar-refractivity contribution is -0.236. The predicted octanol–water partition coefficient (Wildman–Crippen LogP) is 2.97. The SMILES string of the molecule is CC(C)(C)OC(O)N1C[C@@H]2[C@H](C1)[C@H]2C(=O)NC(C)(C)c1ncc2c(C(F)(F)F)cccn12. The van der Waals surface area contributed by atoms with Crippen molar-refractivity contribution in [3.8, 4) is 0 Å². The van der Waals surface area contributed by atoms with Crippen molar-refractivity contribution >= 4 is 11.4 Å². The van der Waals surface area contributed by atoms with Gasteiger partial charge in [0.05, 0.1) is 28.4 Å². The number of nitrogens with one attached hydrogen (secondary N) is 1. The fourth-order valence-corrected chi connectivity index (χ4v) is 4.69. The Bertz CT molecular complexity index is 1020. The molecule has 176 valence electrons. The number of hydrogen-bond donors (Lipinski definition) is 2. The molecule has 2 aromatic rings. The molecule has 1 aliphatic carbocycles. The number of carbonyl (C=O) groups is 1. The van der Waals surface area contributed by atoms with Gasteiger partial charge in [-0.15, -0.1) is 0 Å². The van der Waals surface area contributed by atoms with E-state index in [4.69, 9.17) is 4.74 Å². The van der Waals surface area contributed by atoms with Crippen LogP contribution in [0.25, 0.3) is 5.52 Å². The Morgan fingerprint density at radius 2 is 1.84 bits per heavy atom. The minimum atomic E-state index is -4.49. The summed E-state index contributed by atoms with van der Waals surface area (Å²) in [6.07, 6.45) is -2.80. The van der Waals surface area contributed by atoms with E-state index in [9.17, 15) is 23.1 Å². The molecule has 1 aliphatic heterocycles. The molecule has 1 unspecified atom stereocenters. The standard InChI is InChI=1S/C22H29F3N4O3/c1-20(2,3)32-19(31)28-10-12-13(11-28)16(12)17(30)27-21(4,5)18-26-9-15-14(22(23,24)25)7-6-8-29(15)18/h6-9,12-13,16,19,31H,10-11H2,1-5H3,(H,27,30)/t12-,13+,16+,19?. The number of nitrogens with zero attached hydrogens (tertiary/aromatic N) is 3. The van der Waals surface area contributed by atoms with Gasteiger partial charge in [0.2, 0.25) is 12.3 Å². The quantitative estimate of drug-likeness (QED) is 0.680. The molecular formula is C22H29F3N4O3. The number of ether oxygens (including phenoxy) is 1. The third-order valence-electron chi connectivity index (χ3n) is 6.17. The van der Waals surface area contributed by atoms with Crippen molar-refractivity contribution < 1.29 is 27.8 Å². The molecule has 0 aromatic carbocycles. The highest BCUT2D eigenvalue weighted by Gasteiger charge is 2.60. The second kappa shape index (κ2) is 7.43. The van der Waals surface area contributed by atoms with Gasteiger partial charge in [-0.1, -0.05) is 0 Å². The van der Waals surface area contributed by atoms with Crippen molar-refractivity contribution in [3.63, 3.8) is 0 Å². The minimum absolute atomic E-state index is 0.0518. The minimum Gasteiger partial charge on any atom is -0.356 e. The summed E-state index contributed by atoms with van der Waals surface area (Å²) in [5, 5.41) is 13.2. The summed E-state index contributed by atoms with van der Waals surface area (Å²) in [4.78, 5) is 19.0.